The molecule has 0 aromatic heterocycles. The second kappa shape index (κ2) is 5.93. The third kappa shape index (κ3) is 2.86. The molecular weight excluding hydrogens is 422 g/mol. The number of nitrogens with zero attached hydrogens (tertiary/aromatic N) is 1. The smallest absolute Gasteiger partial charge is 0.162 e. The van der Waals surface area contributed by atoms with Crippen LogP contribution in [0.3, 0.4) is 0 Å². The van der Waals surface area contributed by atoms with Gasteiger partial charge in [-0.15, -0.1) is 24.0 Å². The first-order chi connectivity index (χ1) is 7.11. The zero-order valence-electron chi connectivity index (χ0n) is 8.75. The van der Waals surface area contributed by atoms with Gasteiger partial charge in [-0.2, -0.15) is 0 Å². The van der Waals surface area contributed by atoms with Gasteiger partial charge >= 0.3 is 0 Å². The van der Waals surface area contributed by atoms with Gasteiger partial charge in [0.25, 0.3) is 0 Å². The van der Waals surface area contributed by atoms with Crippen molar-refractivity contribution in [2.24, 2.45) is 4.99 Å². The predicted molar refractivity (Wildman–Crippen MR) is 86.7 cm³/mol. The number of benzene rings is 1. The number of aliphatic imine (C=N–C) groups is 1. The van der Waals surface area contributed by atoms with Crippen molar-refractivity contribution in [3.8, 4) is 0 Å². The van der Waals surface area contributed by atoms with Gasteiger partial charge in [0.05, 0.1) is 11.7 Å². The highest BCUT2D eigenvalue weighted by Gasteiger charge is 2.20. The summed E-state index contributed by atoms with van der Waals surface area (Å²) in [4.78, 5) is 4.52. The van der Waals surface area contributed by atoms with Gasteiger partial charge in [-0.05, 0) is 41.2 Å². The number of hydrogen-bond donors (Lipinski definition) is 1. The molecule has 6 heteroatoms. The summed E-state index contributed by atoms with van der Waals surface area (Å²) in [5.41, 5.74) is 2.11. The molecule has 0 spiro atoms. The monoisotopic (exact) mass is 432 g/mol. The third-order valence-corrected chi connectivity index (χ3v) is 3.69. The average molecular weight is 434 g/mol. The Hall–Kier alpha value is 0.540. The van der Waals surface area contributed by atoms with Crippen LogP contribution in [0.5, 0.6) is 0 Å². The van der Waals surface area contributed by atoms with E-state index in [9.17, 15) is 0 Å². The number of fused-ring (bicyclic) bond motifs is 1. The summed E-state index contributed by atoms with van der Waals surface area (Å²) in [6.07, 6.45) is 2.01. The van der Waals surface area contributed by atoms with Gasteiger partial charge in [-0.1, -0.05) is 23.4 Å². The minimum atomic E-state index is 0. The van der Waals surface area contributed by atoms with E-state index in [1.807, 2.05) is 18.4 Å². The van der Waals surface area contributed by atoms with Crippen LogP contribution in [0.1, 0.15) is 18.5 Å². The van der Waals surface area contributed by atoms with Crippen LogP contribution in [0, 0.1) is 0 Å². The van der Waals surface area contributed by atoms with Crippen LogP contribution in [0.4, 0.5) is 5.69 Å². The van der Waals surface area contributed by atoms with Gasteiger partial charge in [-0.3, -0.25) is 0 Å². The van der Waals surface area contributed by atoms with E-state index in [-0.39, 0.29) is 30.0 Å². The molecular formula is C10H11BrClIN2S. The molecule has 0 aliphatic carbocycles. The molecule has 0 amide bonds. The second-order valence-electron chi connectivity index (χ2n) is 3.31. The van der Waals surface area contributed by atoms with Gasteiger partial charge in [0, 0.05) is 15.1 Å². The molecule has 2 nitrogen and oxygen atoms in total. The first-order valence-corrected chi connectivity index (χ1v) is 6.89. The molecule has 1 aliphatic heterocycles. The minimum absolute atomic E-state index is 0. The second-order valence-corrected chi connectivity index (χ2v) is 5.40. The molecule has 1 atom stereocenters. The zero-order chi connectivity index (χ0) is 11.0. The van der Waals surface area contributed by atoms with Crippen LogP contribution in [0.2, 0.25) is 5.02 Å². The van der Waals surface area contributed by atoms with Crippen LogP contribution in [0.25, 0.3) is 0 Å². The molecule has 0 saturated carbocycles. The van der Waals surface area contributed by atoms with Gasteiger partial charge in [0.1, 0.15) is 0 Å². The summed E-state index contributed by atoms with van der Waals surface area (Å²) in [6, 6.07) is 4.08. The molecule has 1 aliphatic rings. The first-order valence-electron chi connectivity index (χ1n) is 4.50. The molecule has 0 saturated heterocycles. The van der Waals surface area contributed by atoms with Crippen molar-refractivity contribution in [3.05, 3.63) is 27.2 Å². The van der Waals surface area contributed by atoms with Crippen molar-refractivity contribution < 1.29 is 0 Å². The molecule has 1 unspecified atom stereocenters. The lowest BCUT2D eigenvalue weighted by Crippen LogP contribution is -2.27. The van der Waals surface area contributed by atoms with Crippen molar-refractivity contribution in [2.75, 3.05) is 6.26 Å². The van der Waals surface area contributed by atoms with Crippen molar-refractivity contribution in [2.45, 2.75) is 13.0 Å². The maximum absolute atomic E-state index is 6.01. The molecule has 0 radical (unpaired) electrons. The Kier molecular flexibility index (Phi) is 5.41. The Morgan fingerprint density at radius 3 is 2.81 bits per heavy atom. The van der Waals surface area contributed by atoms with Crippen molar-refractivity contribution in [3.63, 3.8) is 0 Å². The normalized spacial score (nSPS) is 18.0. The summed E-state index contributed by atoms with van der Waals surface area (Å²) >= 11 is 11.1. The Balaban J connectivity index is 0.00000128. The number of halogens is 3. The molecule has 88 valence electrons. The maximum Gasteiger partial charge on any atom is 0.162 e. The predicted octanol–water partition coefficient (Wildman–Crippen LogP) is 4.74. The van der Waals surface area contributed by atoms with Crippen LogP contribution >= 0.6 is 63.3 Å². The highest BCUT2D eigenvalue weighted by atomic mass is 127. The summed E-state index contributed by atoms with van der Waals surface area (Å²) < 4.78 is 0.949. The van der Waals surface area contributed by atoms with Crippen LogP contribution in [0.15, 0.2) is 21.6 Å². The molecule has 0 bridgehead atoms. The minimum Gasteiger partial charge on any atom is -0.358 e. The van der Waals surface area contributed by atoms with Gasteiger partial charge in [0.2, 0.25) is 0 Å². The number of rotatable bonds is 0. The standard InChI is InChI=1S/C10H10BrClN2S.HI/c1-5-7-3-6(12)4-8(11)9(7)14-10(13-5)15-2;/h3-5H,1-2H3,(H,13,14);1H. The molecule has 1 N–H and O–H groups in total. The molecule has 16 heavy (non-hydrogen) atoms. The van der Waals surface area contributed by atoms with E-state index in [1.165, 1.54) is 0 Å². The highest BCUT2D eigenvalue weighted by Crippen LogP contribution is 2.39. The molecule has 1 aromatic rings. The number of thioether (sulfide) groups is 1. The van der Waals surface area contributed by atoms with E-state index in [0.717, 1.165) is 25.9 Å². The van der Waals surface area contributed by atoms with Crippen LogP contribution in [-0.2, 0) is 0 Å². The van der Waals surface area contributed by atoms with E-state index in [0.29, 0.717) is 0 Å². The van der Waals surface area contributed by atoms with Crippen molar-refractivity contribution in [1.29, 1.82) is 0 Å². The van der Waals surface area contributed by atoms with Crippen molar-refractivity contribution >= 4 is 74.1 Å². The summed E-state index contributed by atoms with van der Waals surface area (Å²) in [6.45, 7) is 2.10. The summed E-state index contributed by atoms with van der Waals surface area (Å²) in [7, 11) is 0. The highest BCUT2D eigenvalue weighted by molar-refractivity contribution is 14.0. The number of hydrogen-bond acceptors (Lipinski definition) is 3. The maximum atomic E-state index is 6.01. The van der Waals surface area contributed by atoms with Gasteiger partial charge < -0.3 is 5.32 Å². The lowest BCUT2D eigenvalue weighted by Gasteiger charge is -2.24. The average Bonchev–Trinajstić information content (AvgIpc) is 2.19. The Morgan fingerprint density at radius 1 is 1.50 bits per heavy atom. The number of amidine groups is 1. The fourth-order valence-electron chi connectivity index (χ4n) is 1.54. The first kappa shape index (κ1) is 14.6. The zero-order valence-corrected chi connectivity index (χ0v) is 14.2. The van der Waals surface area contributed by atoms with E-state index >= 15 is 0 Å². The Morgan fingerprint density at radius 2 is 2.19 bits per heavy atom. The van der Waals surface area contributed by atoms with E-state index in [4.69, 9.17) is 11.6 Å². The molecule has 0 fully saturated rings. The third-order valence-electron chi connectivity index (χ3n) is 2.27. The molecule has 1 heterocycles. The largest absolute Gasteiger partial charge is 0.358 e. The van der Waals surface area contributed by atoms with Gasteiger partial charge in [0.15, 0.2) is 5.17 Å². The van der Waals surface area contributed by atoms with E-state index < -0.39 is 0 Å². The topological polar surface area (TPSA) is 24.4 Å². The van der Waals surface area contributed by atoms with Gasteiger partial charge in [-0.25, -0.2) is 4.99 Å². The fraction of sp³-hybridized carbons (Fsp3) is 0.300. The summed E-state index contributed by atoms with van der Waals surface area (Å²) in [5, 5.41) is 4.99. The number of nitrogens with one attached hydrogen (secondary N) is 1. The molecule has 1 aromatic carbocycles. The lowest BCUT2D eigenvalue weighted by molar-refractivity contribution is 0.713. The quantitative estimate of drug-likeness (QED) is 0.598. The van der Waals surface area contributed by atoms with Crippen LogP contribution in [-0.4, -0.2) is 11.4 Å². The SMILES string of the molecule is CSC1=Nc2c(Br)cc(Cl)cc2C(C)N1.I. The van der Waals surface area contributed by atoms with Crippen LogP contribution < -0.4 is 5.32 Å². The fourth-order valence-corrected chi connectivity index (χ4v) is 2.94. The van der Waals surface area contributed by atoms with Crippen molar-refractivity contribution in [1.82, 2.24) is 5.32 Å². The van der Waals surface area contributed by atoms with E-state index in [2.05, 4.69) is 33.2 Å². The lowest BCUT2D eigenvalue weighted by atomic mass is 10.1. The molecule has 2 rings (SSSR count). The Labute approximate surface area is 130 Å². The summed E-state index contributed by atoms with van der Waals surface area (Å²) in [5.74, 6) is 0. The van der Waals surface area contributed by atoms with E-state index in [1.54, 1.807) is 11.8 Å². The Bertz CT molecular complexity index is 439.